The highest BCUT2D eigenvalue weighted by Crippen LogP contribution is 2.18. The Labute approximate surface area is 114 Å². The maximum Gasteiger partial charge on any atom is 0.224 e. The third-order valence-electron chi connectivity index (χ3n) is 2.57. The van der Waals surface area contributed by atoms with Gasteiger partial charge in [-0.3, -0.25) is 4.79 Å². The molecule has 0 aliphatic carbocycles. The number of aryl methyl sites for hydroxylation is 1. The van der Waals surface area contributed by atoms with E-state index >= 15 is 0 Å². The zero-order chi connectivity index (χ0) is 13.4. The molecule has 1 amide bonds. The number of nitrogen functional groups attached to an aromatic ring is 1. The van der Waals surface area contributed by atoms with Gasteiger partial charge in [-0.1, -0.05) is 6.92 Å². The van der Waals surface area contributed by atoms with Gasteiger partial charge in [-0.15, -0.1) is 0 Å². The Balaban J connectivity index is 2.31. The van der Waals surface area contributed by atoms with Crippen molar-refractivity contribution in [3.05, 3.63) is 23.8 Å². The van der Waals surface area contributed by atoms with Crippen molar-refractivity contribution in [3.8, 4) is 0 Å². The van der Waals surface area contributed by atoms with Crippen LogP contribution in [0.1, 0.15) is 31.7 Å². The van der Waals surface area contributed by atoms with Gasteiger partial charge in [0, 0.05) is 17.8 Å². The zero-order valence-electron chi connectivity index (χ0n) is 11.2. The second-order valence-electron chi connectivity index (χ2n) is 4.34. The monoisotopic (exact) mass is 266 g/mol. The van der Waals surface area contributed by atoms with Crippen LogP contribution in [0.2, 0.25) is 0 Å². The summed E-state index contributed by atoms with van der Waals surface area (Å²) in [5, 5.41) is 2.92. The van der Waals surface area contributed by atoms with Crippen molar-refractivity contribution in [3.63, 3.8) is 0 Å². The molecule has 0 saturated carbocycles. The van der Waals surface area contributed by atoms with Crippen LogP contribution in [0.3, 0.4) is 0 Å². The Kier molecular flexibility index (Phi) is 6.65. The Hall–Kier alpha value is -1.16. The maximum absolute atomic E-state index is 11.7. The summed E-state index contributed by atoms with van der Waals surface area (Å²) in [6.45, 7) is 4.12. The average Bonchev–Trinajstić information content (AvgIpc) is 2.32. The fraction of sp³-hybridized carbons (Fsp3) is 0.500. The first kappa shape index (κ1) is 14.9. The number of nitrogens with two attached hydrogens (primary N) is 1. The van der Waals surface area contributed by atoms with Crippen LogP contribution in [-0.2, 0) is 4.79 Å². The van der Waals surface area contributed by atoms with Gasteiger partial charge in [-0.2, -0.15) is 11.8 Å². The lowest BCUT2D eigenvalue weighted by Crippen LogP contribution is -2.12. The third-order valence-corrected chi connectivity index (χ3v) is 3.84. The predicted molar refractivity (Wildman–Crippen MR) is 81.1 cm³/mol. The van der Waals surface area contributed by atoms with E-state index in [0.717, 1.165) is 29.1 Å². The van der Waals surface area contributed by atoms with E-state index in [1.807, 2.05) is 30.8 Å². The molecule has 0 radical (unpaired) electrons. The van der Waals surface area contributed by atoms with E-state index in [1.54, 1.807) is 6.07 Å². The minimum Gasteiger partial charge on any atom is -0.399 e. The first-order chi connectivity index (χ1) is 8.63. The van der Waals surface area contributed by atoms with Crippen LogP contribution in [0, 0.1) is 6.92 Å². The molecular weight excluding hydrogens is 244 g/mol. The van der Waals surface area contributed by atoms with Crippen LogP contribution in [0.5, 0.6) is 0 Å². The predicted octanol–water partition coefficient (Wildman–Crippen LogP) is 3.44. The molecule has 0 spiro atoms. The van der Waals surface area contributed by atoms with Gasteiger partial charge >= 0.3 is 0 Å². The third kappa shape index (κ3) is 5.45. The smallest absolute Gasteiger partial charge is 0.224 e. The van der Waals surface area contributed by atoms with Crippen molar-refractivity contribution < 1.29 is 4.79 Å². The van der Waals surface area contributed by atoms with Gasteiger partial charge in [-0.25, -0.2) is 0 Å². The highest BCUT2D eigenvalue weighted by molar-refractivity contribution is 7.99. The summed E-state index contributed by atoms with van der Waals surface area (Å²) in [5.41, 5.74) is 8.25. The second-order valence-corrected chi connectivity index (χ2v) is 5.56. The number of carbonyl (C=O) groups excluding carboxylic acids is 1. The van der Waals surface area contributed by atoms with E-state index in [9.17, 15) is 4.79 Å². The van der Waals surface area contributed by atoms with Crippen molar-refractivity contribution in [2.45, 2.75) is 33.1 Å². The van der Waals surface area contributed by atoms with Crippen LogP contribution in [0.4, 0.5) is 11.4 Å². The molecule has 4 heteroatoms. The van der Waals surface area contributed by atoms with Gasteiger partial charge in [0.15, 0.2) is 0 Å². The summed E-state index contributed by atoms with van der Waals surface area (Å²) in [5.74, 6) is 2.32. The molecule has 3 N–H and O–H groups in total. The standard InChI is InChI=1S/C14H22N2OS/c1-3-8-18-9-4-5-14(17)16-13-7-6-12(15)10-11(13)2/h6-7,10H,3-5,8-9,15H2,1-2H3,(H,16,17). The highest BCUT2D eigenvalue weighted by Gasteiger charge is 2.04. The number of hydrogen-bond donors (Lipinski definition) is 2. The Morgan fingerprint density at radius 1 is 1.39 bits per heavy atom. The van der Waals surface area contributed by atoms with Crippen molar-refractivity contribution >= 4 is 29.0 Å². The number of carbonyl (C=O) groups is 1. The highest BCUT2D eigenvalue weighted by atomic mass is 32.2. The minimum absolute atomic E-state index is 0.0833. The molecule has 0 aliphatic heterocycles. The summed E-state index contributed by atoms with van der Waals surface area (Å²) in [6, 6.07) is 5.53. The van der Waals surface area contributed by atoms with E-state index in [2.05, 4.69) is 12.2 Å². The fourth-order valence-corrected chi connectivity index (χ4v) is 2.46. The van der Waals surface area contributed by atoms with Gasteiger partial charge in [0.1, 0.15) is 0 Å². The summed E-state index contributed by atoms with van der Waals surface area (Å²) in [4.78, 5) is 11.7. The Bertz CT molecular complexity index is 393. The first-order valence-corrected chi connectivity index (χ1v) is 7.52. The van der Waals surface area contributed by atoms with Crippen LogP contribution < -0.4 is 11.1 Å². The molecule has 0 saturated heterocycles. The van der Waals surface area contributed by atoms with Gasteiger partial charge in [0.25, 0.3) is 0 Å². The average molecular weight is 266 g/mol. The van der Waals surface area contributed by atoms with Crippen molar-refractivity contribution in [2.24, 2.45) is 0 Å². The summed E-state index contributed by atoms with van der Waals surface area (Å²) in [7, 11) is 0. The number of benzene rings is 1. The lowest BCUT2D eigenvalue weighted by Gasteiger charge is -2.08. The minimum atomic E-state index is 0.0833. The molecule has 0 aromatic heterocycles. The Morgan fingerprint density at radius 3 is 2.83 bits per heavy atom. The number of amides is 1. The molecule has 0 bridgehead atoms. The zero-order valence-corrected chi connectivity index (χ0v) is 12.0. The molecule has 0 aliphatic rings. The number of thioether (sulfide) groups is 1. The SMILES string of the molecule is CCCSCCCC(=O)Nc1ccc(N)cc1C. The number of anilines is 2. The molecule has 0 fully saturated rings. The lowest BCUT2D eigenvalue weighted by atomic mass is 10.1. The molecular formula is C14H22N2OS. The molecule has 3 nitrogen and oxygen atoms in total. The lowest BCUT2D eigenvalue weighted by molar-refractivity contribution is -0.116. The van der Waals surface area contributed by atoms with Crippen molar-refractivity contribution in [2.75, 3.05) is 22.6 Å². The summed E-state index contributed by atoms with van der Waals surface area (Å²) < 4.78 is 0. The van der Waals surface area contributed by atoms with E-state index in [1.165, 1.54) is 12.2 Å². The van der Waals surface area contributed by atoms with E-state index in [4.69, 9.17) is 5.73 Å². The molecule has 0 unspecified atom stereocenters. The van der Waals surface area contributed by atoms with Crippen molar-refractivity contribution in [1.29, 1.82) is 0 Å². The summed E-state index contributed by atoms with van der Waals surface area (Å²) in [6.07, 6.45) is 2.71. The molecule has 100 valence electrons. The normalized spacial score (nSPS) is 10.3. The second kappa shape index (κ2) is 8.03. The quantitative estimate of drug-likeness (QED) is 0.587. The fourth-order valence-electron chi connectivity index (χ4n) is 1.62. The van der Waals surface area contributed by atoms with E-state index in [0.29, 0.717) is 6.42 Å². The van der Waals surface area contributed by atoms with E-state index in [-0.39, 0.29) is 5.91 Å². The van der Waals surface area contributed by atoms with Crippen LogP contribution in [0.15, 0.2) is 18.2 Å². The molecule has 1 rings (SSSR count). The van der Waals surface area contributed by atoms with Gasteiger partial charge in [0.2, 0.25) is 5.91 Å². The summed E-state index contributed by atoms with van der Waals surface area (Å²) >= 11 is 1.91. The van der Waals surface area contributed by atoms with Crippen LogP contribution >= 0.6 is 11.8 Å². The molecule has 0 heterocycles. The van der Waals surface area contributed by atoms with Gasteiger partial charge < -0.3 is 11.1 Å². The largest absolute Gasteiger partial charge is 0.399 e. The maximum atomic E-state index is 11.7. The van der Waals surface area contributed by atoms with Gasteiger partial charge in [-0.05, 0) is 55.0 Å². The molecule has 1 aromatic rings. The van der Waals surface area contributed by atoms with Gasteiger partial charge in [0.05, 0.1) is 0 Å². The topological polar surface area (TPSA) is 55.1 Å². The van der Waals surface area contributed by atoms with Crippen LogP contribution in [-0.4, -0.2) is 17.4 Å². The Morgan fingerprint density at radius 2 is 2.17 bits per heavy atom. The van der Waals surface area contributed by atoms with Crippen molar-refractivity contribution in [1.82, 2.24) is 0 Å². The first-order valence-electron chi connectivity index (χ1n) is 6.37. The molecule has 1 aromatic carbocycles. The number of hydrogen-bond acceptors (Lipinski definition) is 3. The number of nitrogens with one attached hydrogen (secondary N) is 1. The number of rotatable bonds is 7. The van der Waals surface area contributed by atoms with Crippen LogP contribution in [0.25, 0.3) is 0 Å². The molecule has 0 atom stereocenters. The van der Waals surface area contributed by atoms with E-state index < -0.39 is 0 Å². The molecule has 18 heavy (non-hydrogen) atoms.